The molecule has 0 amide bonds. The molecule has 2 aromatic rings. The van der Waals surface area contributed by atoms with Gasteiger partial charge in [-0.3, -0.25) is 0 Å². The minimum atomic E-state index is -0.323. The maximum absolute atomic E-state index is 13.1. The molecular weight excluding hydrogens is 325 g/mol. The summed E-state index contributed by atoms with van der Waals surface area (Å²) in [5, 5.41) is 3.03. The molecule has 0 aliphatic carbocycles. The summed E-state index contributed by atoms with van der Waals surface area (Å²) in [7, 11) is 1.80. The highest BCUT2D eigenvalue weighted by molar-refractivity contribution is 9.10. The number of aromatic nitrogens is 2. The lowest BCUT2D eigenvalue weighted by molar-refractivity contribution is 0.450. The Morgan fingerprint density at radius 3 is 2.80 bits per heavy atom. The van der Waals surface area contributed by atoms with E-state index in [9.17, 15) is 4.39 Å². The van der Waals surface area contributed by atoms with Gasteiger partial charge in [0, 0.05) is 7.05 Å². The van der Waals surface area contributed by atoms with Gasteiger partial charge >= 0.3 is 0 Å². The van der Waals surface area contributed by atoms with E-state index < -0.39 is 0 Å². The number of hydrogen-bond acceptors (Lipinski definition) is 4. The maximum Gasteiger partial charge on any atom is 0.227 e. The van der Waals surface area contributed by atoms with Crippen LogP contribution in [0.5, 0.6) is 11.6 Å². The number of ether oxygens (including phenoxy) is 1. The van der Waals surface area contributed by atoms with Crippen molar-refractivity contribution in [1.29, 1.82) is 0 Å². The summed E-state index contributed by atoms with van der Waals surface area (Å²) in [6.45, 7) is 2.07. The molecule has 2 rings (SSSR count). The fourth-order valence-electron chi connectivity index (χ4n) is 1.84. The topological polar surface area (TPSA) is 47.0 Å². The number of rotatable bonds is 5. The van der Waals surface area contributed by atoms with E-state index in [1.165, 1.54) is 18.5 Å². The summed E-state index contributed by atoms with van der Waals surface area (Å²) in [5.74, 6) is 1.43. The molecule has 1 aromatic heterocycles. The van der Waals surface area contributed by atoms with Crippen LogP contribution in [0.1, 0.15) is 18.9 Å². The molecule has 0 radical (unpaired) electrons. The summed E-state index contributed by atoms with van der Waals surface area (Å²) in [6, 6.07) is 4.27. The van der Waals surface area contributed by atoms with Gasteiger partial charge in [0.05, 0.1) is 10.0 Å². The summed E-state index contributed by atoms with van der Waals surface area (Å²) >= 11 is 3.28. The smallest absolute Gasteiger partial charge is 0.227 e. The molecule has 6 heteroatoms. The number of hydrogen-bond donors (Lipinski definition) is 1. The van der Waals surface area contributed by atoms with Crippen molar-refractivity contribution in [3.05, 3.63) is 40.4 Å². The lowest BCUT2D eigenvalue weighted by Gasteiger charge is -2.13. The molecule has 0 fully saturated rings. The molecule has 0 saturated carbocycles. The minimum Gasteiger partial charge on any atom is -0.437 e. The standard InChI is InChI=1S/C14H15BrFN3O/c1-3-4-10-13(17-2)18-8-19-14(10)20-12-6-5-9(16)7-11(12)15/h5-8H,3-4H2,1-2H3,(H,17,18,19). The third-order valence-electron chi connectivity index (χ3n) is 2.74. The van der Waals surface area contributed by atoms with Crippen molar-refractivity contribution in [3.63, 3.8) is 0 Å². The number of nitrogens with zero attached hydrogens (tertiary/aromatic N) is 2. The van der Waals surface area contributed by atoms with Crippen molar-refractivity contribution in [1.82, 2.24) is 9.97 Å². The molecule has 0 bridgehead atoms. The third kappa shape index (κ3) is 3.25. The fraction of sp³-hybridized carbons (Fsp3) is 0.286. The number of halogens is 2. The summed E-state index contributed by atoms with van der Waals surface area (Å²) in [5.41, 5.74) is 0.911. The first-order valence-corrected chi connectivity index (χ1v) is 7.09. The first-order valence-electron chi connectivity index (χ1n) is 6.30. The van der Waals surface area contributed by atoms with Crippen LogP contribution in [0.15, 0.2) is 29.0 Å². The van der Waals surface area contributed by atoms with E-state index in [1.807, 2.05) is 0 Å². The zero-order valence-corrected chi connectivity index (χ0v) is 12.9. The molecule has 1 aromatic carbocycles. The molecule has 0 atom stereocenters. The van der Waals surface area contributed by atoms with Gasteiger partial charge in [-0.05, 0) is 40.5 Å². The Labute approximate surface area is 125 Å². The van der Waals surface area contributed by atoms with Gasteiger partial charge in [0.1, 0.15) is 23.7 Å². The van der Waals surface area contributed by atoms with Crippen LogP contribution >= 0.6 is 15.9 Å². The Morgan fingerprint density at radius 2 is 2.15 bits per heavy atom. The highest BCUT2D eigenvalue weighted by Gasteiger charge is 2.13. The molecule has 0 saturated heterocycles. The van der Waals surface area contributed by atoms with Gasteiger partial charge in [-0.1, -0.05) is 13.3 Å². The summed E-state index contributed by atoms with van der Waals surface area (Å²) in [6.07, 6.45) is 3.19. The molecule has 1 heterocycles. The normalized spacial score (nSPS) is 10.4. The Bertz CT molecular complexity index is 607. The van der Waals surface area contributed by atoms with Crippen LogP contribution in [-0.2, 0) is 6.42 Å². The van der Waals surface area contributed by atoms with Crippen LogP contribution in [-0.4, -0.2) is 17.0 Å². The maximum atomic E-state index is 13.1. The van der Waals surface area contributed by atoms with E-state index in [2.05, 4.69) is 38.1 Å². The summed E-state index contributed by atoms with van der Waals surface area (Å²) in [4.78, 5) is 8.36. The number of anilines is 1. The van der Waals surface area contributed by atoms with E-state index in [0.717, 1.165) is 24.2 Å². The Balaban J connectivity index is 2.37. The van der Waals surface area contributed by atoms with E-state index in [-0.39, 0.29) is 5.82 Å². The molecule has 1 N–H and O–H groups in total. The van der Waals surface area contributed by atoms with Gasteiger partial charge in [0.2, 0.25) is 5.88 Å². The Kier molecular flexibility index (Phi) is 4.89. The van der Waals surface area contributed by atoms with Gasteiger partial charge in [0.15, 0.2) is 0 Å². The second kappa shape index (κ2) is 6.65. The molecule has 0 spiro atoms. The predicted octanol–water partition coefficient (Wildman–Crippen LogP) is 4.16. The van der Waals surface area contributed by atoms with Gasteiger partial charge in [-0.25, -0.2) is 14.4 Å². The molecule has 4 nitrogen and oxygen atoms in total. The largest absolute Gasteiger partial charge is 0.437 e. The molecule has 20 heavy (non-hydrogen) atoms. The highest BCUT2D eigenvalue weighted by Crippen LogP contribution is 2.32. The van der Waals surface area contributed by atoms with Gasteiger partial charge < -0.3 is 10.1 Å². The average molecular weight is 340 g/mol. The van der Waals surface area contributed by atoms with Crippen LogP contribution in [0.25, 0.3) is 0 Å². The highest BCUT2D eigenvalue weighted by atomic mass is 79.9. The van der Waals surface area contributed by atoms with Crippen molar-refractivity contribution < 1.29 is 9.13 Å². The first kappa shape index (κ1) is 14.7. The van der Waals surface area contributed by atoms with Gasteiger partial charge in [-0.2, -0.15) is 0 Å². The van der Waals surface area contributed by atoms with Crippen LogP contribution < -0.4 is 10.1 Å². The number of benzene rings is 1. The molecule has 106 valence electrons. The number of nitrogens with one attached hydrogen (secondary N) is 1. The van der Waals surface area contributed by atoms with Crippen molar-refractivity contribution in [2.75, 3.05) is 12.4 Å². The molecule has 0 aliphatic heterocycles. The Hall–Kier alpha value is -1.69. The molecule has 0 aliphatic rings. The van der Waals surface area contributed by atoms with Crippen LogP contribution in [0.3, 0.4) is 0 Å². The first-order chi connectivity index (χ1) is 9.65. The van der Waals surface area contributed by atoms with Gasteiger partial charge in [0.25, 0.3) is 0 Å². The quantitative estimate of drug-likeness (QED) is 0.888. The fourth-order valence-corrected chi connectivity index (χ4v) is 2.27. The van der Waals surface area contributed by atoms with Gasteiger partial charge in [-0.15, -0.1) is 0 Å². The van der Waals surface area contributed by atoms with Crippen molar-refractivity contribution in [3.8, 4) is 11.6 Å². The van der Waals surface area contributed by atoms with Crippen LogP contribution in [0.4, 0.5) is 10.2 Å². The monoisotopic (exact) mass is 339 g/mol. The van der Waals surface area contributed by atoms with E-state index in [0.29, 0.717) is 16.1 Å². The predicted molar refractivity (Wildman–Crippen MR) is 79.7 cm³/mol. The van der Waals surface area contributed by atoms with E-state index in [4.69, 9.17) is 4.74 Å². The lowest BCUT2D eigenvalue weighted by atomic mass is 10.1. The third-order valence-corrected chi connectivity index (χ3v) is 3.36. The SMILES string of the molecule is CCCc1c(NC)ncnc1Oc1ccc(F)cc1Br. The van der Waals surface area contributed by atoms with Crippen molar-refractivity contribution in [2.24, 2.45) is 0 Å². The zero-order valence-electron chi connectivity index (χ0n) is 11.3. The van der Waals surface area contributed by atoms with Crippen LogP contribution in [0.2, 0.25) is 0 Å². The minimum absolute atomic E-state index is 0.323. The Morgan fingerprint density at radius 1 is 1.35 bits per heavy atom. The van der Waals surface area contributed by atoms with Crippen molar-refractivity contribution >= 4 is 21.7 Å². The zero-order chi connectivity index (χ0) is 14.5. The average Bonchev–Trinajstić information content (AvgIpc) is 2.43. The second-order valence-electron chi connectivity index (χ2n) is 4.18. The lowest BCUT2D eigenvalue weighted by Crippen LogP contribution is -2.03. The molecule has 0 unspecified atom stereocenters. The second-order valence-corrected chi connectivity index (χ2v) is 5.04. The van der Waals surface area contributed by atoms with Crippen LogP contribution in [0, 0.1) is 5.82 Å². The van der Waals surface area contributed by atoms with E-state index >= 15 is 0 Å². The molecular formula is C14H15BrFN3O. The van der Waals surface area contributed by atoms with Crippen molar-refractivity contribution in [2.45, 2.75) is 19.8 Å². The summed E-state index contributed by atoms with van der Waals surface area (Å²) < 4.78 is 19.4. The van der Waals surface area contributed by atoms with E-state index in [1.54, 1.807) is 13.1 Å².